The van der Waals surface area contributed by atoms with Crippen LogP contribution in [0, 0.1) is 5.92 Å². The number of esters is 1. The van der Waals surface area contributed by atoms with Crippen LogP contribution in [0.1, 0.15) is 12.8 Å². The van der Waals surface area contributed by atoms with Gasteiger partial charge in [0.05, 0.1) is 7.11 Å². The van der Waals surface area contributed by atoms with Gasteiger partial charge in [-0.15, -0.1) is 0 Å². The number of ether oxygens (including phenoxy) is 1. The average Bonchev–Trinajstić information content (AvgIpc) is 2.16. The van der Waals surface area contributed by atoms with E-state index in [1.165, 1.54) is 26.0 Å². The minimum atomic E-state index is -0.263. The van der Waals surface area contributed by atoms with Gasteiger partial charge in [-0.2, -0.15) is 0 Å². The molecule has 1 heterocycles. The summed E-state index contributed by atoms with van der Waals surface area (Å²) in [4.78, 5) is 10.7. The van der Waals surface area contributed by atoms with Gasteiger partial charge in [-0.1, -0.05) is 6.08 Å². The average molecular weight is 169 g/mol. The van der Waals surface area contributed by atoms with Gasteiger partial charge >= 0.3 is 5.97 Å². The second-order valence-corrected chi connectivity index (χ2v) is 2.99. The van der Waals surface area contributed by atoms with Crippen molar-refractivity contribution in [1.82, 2.24) is 5.32 Å². The van der Waals surface area contributed by atoms with Crippen LogP contribution < -0.4 is 5.32 Å². The molecule has 1 aliphatic heterocycles. The normalized spacial score (nSPS) is 24.2. The lowest BCUT2D eigenvalue weighted by Crippen LogP contribution is -2.28. The number of nitrogens with one attached hydrogen (secondary N) is 1. The van der Waals surface area contributed by atoms with Crippen LogP contribution >= 0.6 is 0 Å². The zero-order valence-electron chi connectivity index (χ0n) is 7.38. The van der Waals surface area contributed by atoms with Gasteiger partial charge in [-0.25, -0.2) is 4.79 Å². The molecule has 1 N–H and O–H groups in total. The van der Waals surface area contributed by atoms with Crippen LogP contribution in [-0.4, -0.2) is 26.2 Å². The fraction of sp³-hybridized carbons (Fsp3) is 0.667. The van der Waals surface area contributed by atoms with Crippen molar-refractivity contribution in [2.75, 3.05) is 20.2 Å². The third-order valence-corrected chi connectivity index (χ3v) is 2.04. The zero-order chi connectivity index (χ0) is 8.81. The Morgan fingerprint density at radius 3 is 3.08 bits per heavy atom. The van der Waals surface area contributed by atoms with Crippen molar-refractivity contribution in [2.45, 2.75) is 12.8 Å². The van der Waals surface area contributed by atoms with Crippen LogP contribution in [0.2, 0.25) is 0 Å². The standard InChI is InChI=1S/C9H15NO2/c1-12-9(11)5-4-8-3-2-6-10-7-8/h4-5,8,10H,2-3,6-7H2,1H3/b5-4+. The molecule has 0 aromatic rings. The van der Waals surface area contributed by atoms with Crippen molar-refractivity contribution in [3.8, 4) is 0 Å². The molecule has 1 aliphatic rings. The quantitative estimate of drug-likeness (QED) is 0.489. The lowest BCUT2D eigenvalue weighted by molar-refractivity contribution is -0.134. The molecule has 0 aromatic carbocycles. The first-order chi connectivity index (χ1) is 5.83. The van der Waals surface area contributed by atoms with Crippen molar-refractivity contribution in [3.63, 3.8) is 0 Å². The van der Waals surface area contributed by atoms with E-state index in [2.05, 4.69) is 10.1 Å². The first-order valence-corrected chi connectivity index (χ1v) is 4.30. The summed E-state index contributed by atoms with van der Waals surface area (Å²) >= 11 is 0. The molecule has 3 heteroatoms. The monoisotopic (exact) mass is 169 g/mol. The van der Waals surface area contributed by atoms with Crippen LogP contribution in [0.4, 0.5) is 0 Å². The summed E-state index contributed by atoms with van der Waals surface area (Å²) in [5.74, 6) is 0.235. The van der Waals surface area contributed by atoms with E-state index in [0.717, 1.165) is 13.1 Å². The molecule has 1 fully saturated rings. The van der Waals surface area contributed by atoms with E-state index < -0.39 is 0 Å². The Bertz CT molecular complexity index is 171. The van der Waals surface area contributed by atoms with E-state index in [1.807, 2.05) is 6.08 Å². The molecule has 0 radical (unpaired) electrons. The Labute approximate surface area is 72.8 Å². The van der Waals surface area contributed by atoms with Gasteiger partial charge < -0.3 is 10.1 Å². The molecule has 1 atom stereocenters. The molecule has 1 unspecified atom stereocenters. The van der Waals surface area contributed by atoms with Crippen molar-refractivity contribution in [3.05, 3.63) is 12.2 Å². The number of hydrogen-bond acceptors (Lipinski definition) is 3. The van der Waals surface area contributed by atoms with E-state index in [-0.39, 0.29) is 5.97 Å². The number of piperidine rings is 1. The summed E-state index contributed by atoms with van der Waals surface area (Å²) in [5, 5.41) is 3.27. The van der Waals surface area contributed by atoms with Gasteiger partial charge in [0, 0.05) is 12.6 Å². The molecule has 12 heavy (non-hydrogen) atoms. The summed E-state index contributed by atoms with van der Waals surface area (Å²) in [6.07, 6.45) is 5.80. The van der Waals surface area contributed by atoms with E-state index >= 15 is 0 Å². The number of rotatable bonds is 2. The molecule has 0 saturated carbocycles. The molecular formula is C9H15NO2. The van der Waals surface area contributed by atoms with E-state index in [0.29, 0.717) is 5.92 Å². The molecule has 68 valence electrons. The largest absolute Gasteiger partial charge is 0.466 e. The fourth-order valence-corrected chi connectivity index (χ4v) is 1.33. The number of carbonyl (C=O) groups is 1. The first kappa shape index (κ1) is 9.26. The van der Waals surface area contributed by atoms with Crippen LogP contribution in [0.15, 0.2) is 12.2 Å². The van der Waals surface area contributed by atoms with Gasteiger partial charge in [0.1, 0.15) is 0 Å². The van der Waals surface area contributed by atoms with E-state index in [4.69, 9.17) is 0 Å². The van der Waals surface area contributed by atoms with Gasteiger partial charge in [0.15, 0.2) is 0 Å². The van der Waals surface area contributed by atoms with Gasteiger partial charge in [-0.3, -0.25) is 0 Å². The minimum absolute atomic E-state index is 0.263. The maximum atomic E-state index is 10.7. The van der Waals surface area contributed by atoms with Crippen LogP contribution in [0.5, 0.6) is 0 Å². The first-order valence-electron chi connectivity index (χ1n) is 4.30. The fourth-order valence-electron chi connectivity index (χ4n) is 1.33. The van der Waals surface area contributed by atoms with Gasteiger partial charge in [0.25, 0.3) is 0 Å². The lowest BCUT2D eigenvalue weighted by Gasteiger charge is -2.18. The molecule has 0 amide bonds. The topological polar surface area (TPSA) is 38.3 Å². The van der Waals surface area contributed by atoms with E-state index in [1.54, 1.807) is 0 Å². The van der Waals surface area contributed by atoms with Crippen molar-refractivity contribution < 1.29 is 9.53 Å². The van der Waals surface area contributed by atoms with Crippen LogP contribution in [0.3, 0.4) is 0 Å². The van der Waals surface area contributed by atoms with Crippen molar-refractivity contribution in [2.24, 2.45) is 5.92 Å². The molecule has 0 bridgehead atoms. The third-order valence-electron chi connectivity index (χ3n) is 2.04. The smallest absolute Gasteiger partial charge is 0.330 e. The maximum Gasteiger partial charge on any atom is 0.330 e. The Morgan fingerprint density at radius 1 is 1.67 bits per heavy atom. The predicted octanol–water partition coefficient (Wildman–Crippen LogP) is 0.715. The van der Waals surface area contributed by atoms with E-state index in [9.17, 15) is 4.79 Å². The lowest BCUT2D eigenvalue weighted by atomic mass is 9.99. The third kappa shape index (κ3) is 3.05. The van der Waals surface area contributed by atoms with Crippen molar-refractivity contribution >= 4 is 5.97 Å². The Morgan fingerprint density at radius 2 is 2.50 bits per heavy atom. The number of methoxy groups -OCH3 is 1. The highest BCUT2D eigenvalue weighted by Crippen LogP contribution is 2.10. The van der Waals surface area contributed by atoms with Crippen LogP contribution in [-0.2, 0) is 9.53 Å². The van der Waals surface area contributed by atoms with Gasteiger partial charge in [-0.05, 0) is 25.3 Å². The summed E-state index contributed by atoms with van der Waals surface area (Å²) in [6, 6.07) is 0. The Kier molecular flexibility index (Phi) is 3.80. The minimum Gasteiger partial charge on any atom is -0.466 e. The van der Waals surface area contributed by atoms with Gasteiger partial charge in [0.2, 0.25) is 0 Å². The Balaban J connectivity index is 2.28. The number of hydrogen-bond donors (Lipinski definition) is 1. The molecule has 1 saturated heterocycles. The summed E-state index contributed by atoms with van der Waals surface area (Å²) in [5.41, 5.74) is 0. The Hall–Kier alpha value is -0.830. The molecule has 0 aromatic heterocycles. The molecule has 0 aliphatic carbocycles. The van der Waals surface area contributed by atoms with Crippen LogP contribution in [0.25, 0.3) is 0 Å². The second kappa shape index (κ2) is 4.93. The highest BCUT2D eigenvalue weighted by molar-refractivity contribution is 5.81. The molecule has 3 nitrogen and oxygen atoms in total. The van der Waals surface area contributed by atoms with Crippen molar-refractivity contribution in [1.29, 1.82) is 0 Å². The second-order valence-electron chi connectivity index (χ2n) is 2.99. The summed E-state index contributed by atoms with van der Waals surface area (Å²) in [7, 11) is 1.39. The predicted molar refractivity (Wildman–Crippen MR) is 46.7 cm³/mol. The summed E-state index contributed by atoms with van der Waals surface area (Å²) < 4.78 is 4.50. The summed E-state index contributed by atoms with van der Waals surface area (Å²) in [6.45, 7) is 2.08. The zero-order valence-corrected chi connectivity index (χ0v) is 7.38. The highest BCUT2D eigenvalue weighted by Gasteiger charge is 2.09. The molecular weight excluding hydrogens is 154 g/mol. The maximum absolute atomic E-state index is 10.7. The number of carbonyl (C=O) groups excluding carboxylic acids is 1. The highest BCUT2D eigenvalue weighted by atomic mass is 16.5. The molecule has 0 spiro atoms. The SMILES string of the molecule is COC(=O)/C=C/C1CCCNC1. The molecule has 1 rings (SSSR count).